The van der Waals surface area contributed by atoms with Gasteiger partial charge in [0.05, 0.1) is 5.69 Å². The molecule has 0 atom stereocenters. The lowest BCUT2D eigenvalue weighted by Crippen LogP contribution is -2.14. The van der Waals surface area contributed by atoms with E-state index in [9.17, 15) is 0 Å². The summed E-state index contributed by atoms with van der Waals surface area (Å²) in [5, 5.41) is 6.59. The van der Waals surface area contributed by atoms with Gasteiger partial charge < -0.3 is 5.73 Å². The molecule has 0 fully saturated rings. The van der Waals surface area contributed by atoms with E-state index >= 15 is 0 Å². The Morgan fingerprint density at radius 2 is 1.38 bits per heavy atom. The smallest absolute Gasteiger partial charge is 0.0680 e. The van der Waals surface area contributed by atoms with Crippen molar-refractivity contribution in [3.8, 4) is 22.3 Å². The lowest BCUT2D eigenvalue weighted by molar-refractivity contribution is 0.923. The molecule has 0 spiro atoms. The molecule has 0 aromatic heterocycles. The Morgan fingerprint density at radius 1 is 0.750 bits per heavy atom. The molecule has 0 saturated heterocycles. The quantitative estimate of drug-likeness (QED) is 0.706. The number of nitrogens with zero attached hydrogens (tertiary/aromatic N) is 2. The first kappa shape index (κ1) is 14.5. The third kappa shape index (κ3) is 2.54. The summed E-state index contributed by atoms with van der Waals surface area (Å²) >= 11 is 0. The van der Waals surface area contributed by atoms with Gasteiger partial charge >= 0.3 is 0 Å². The standard InChI is InChI=1S/C21H19N3/c22-18-12-13-19(24-15-7-14-23-24)21(17-10-5-2-6-11-17)20(18)16-8-3-1-4-9-16/h1-6,8-14H,7,15,22H2. The predicted octanol–water partition coefficient (Wildman–Crippen LogP) is 4.80. The van der Waals surface area contributed by atoms with Crippen LogP contribution >= 0.6 is 0 Å². The van der Waals surface area contributed by atoms with E-state index in [-0.39, 0.29) is 0 Å². The summed E-state index contributed by atoms with van der Waals surface area (Å²) in [6.07, 6.45) is 2.94. The van der Waals surface area contributed by atoms with Crippen molar-refractivity contribution in [2.45, 2.75) is 6.42 Å². The Labute approximate surface area is 142 Å². The van der Waals surface area contributed by atoms with Gasteiger partial charge in [0.2, 0.25) is 0 Å². The molecule has 0 saturated carbocycles. The molecule has 1 heterocycles. The van der Waals surface area contributed by atoms with Gasteiger partial charge in [-0.05, 0) is 23.3 Å². The summed E-state index contributed by atoms with van der Waals surface area (Å²) in [6, 6.07) is 24.8. The van der Waals surface area contributed by atoms with Crippen LogP contribution in [0.4, 0.5) is 11.4 Å². The fourth-order valence-corrected chi connectivity index (χ4v) is 3.21. The van der Waals surface area contributed by atoms with Gasteiger partial charge in [0, 0.05) is 36.0 Å². The summed E-state index contributed by atoms with van der Waals surface area (Å²) < 4.78 is 0. The van der Waals surface area contributed by atoms with Crippen LogP contribution in [0.1, 0.15) is 6.42 Å². The lowest BCUT2D eigenvalue weighted by atomic mass is 9.91. The Hall–Kier alpha value is -3.07. The summed E-state index contributed by atoms with van der Waals surface area (Å²) in [6.45, 7) is 0.901. The van der Waals surface area contributed by atoms with E-state index in [2.05, 4.69) is 52.6 Å². The minimum atomic E-state index is 0.784. The van der Waals surface area contributed by atoms with E-state index in [0.717, 1.165) is 46.6 Å². The van der Waals surface area contributed by atoms with E-state index < -0.39 is 0 Å². The van der Waals surface area contributed by atoms with Gasteiger partial charge in [-0.25, -0.2) is 0 Å². The number of anilines is 2. The molecule has 0 unspecified atom stereocenters. The molecule has 2 N–H and O–H groups in total. The third-order valence-electron chi connectivity index (χ3n) is 4.31. The molecule has 3 heteroatoms. The van der Waals surface area contributed by atoms with Gasteiger partial charge in [-0.1, -0.05) is 60.7 Å². The summed E-state index contributed by atoms with van der Waals surface area (Å²) in [7, 11) is 0. The van der Waals surface area contributed by atoms with E-state index in [0.29, 0.717) is 0 Å². The minimum absolute atomic E-state index is 0.784. The second kappa shape index (κ2) is 6.20. The van der Waals surface area contributed by atoms with Crippen LogP contribution in [0, 0.1) is 0 Å². The second-order valence-electron chi connectivity index (χ2n) is 5.87. The maximum Gasteiger partial charge on any atom is 0.0680 e. The average Bonchev–Trinajstić information content (AvgIpc) is 3.17. The van der Waals surface area contributed by atoms with Gasteiger partial charge in [0.1, 0.15) is 0 Å². The van der Waals surface area contributed by atoms with Crippen LogP contribution < -0.4 is 10.7 Å². The predicted molar refractivity (Wildman–Crippen MR) is 102 cm³/mol. The zero-order chi connectivity index (χ0) is 16.4. The van der Waals surface area contributed by atoms with Crippen molar-refractivity contribution in [1.82, 2.24) is 0 Å². The number of nitrogen functional groups attached to an aromatic ring is 1. The second-order valence-corrected chi connectivity index (χ2v) is 5.87. The molecular formula is C21H19N3. The third-order valence-corrected chi connectivity index (χ3v) is 4.31. The van der Waals surface area contributed by atoms with E-state index in [4.69, 9.17) is 5.73 Å². The first-order chi connectivity index (χ1) is 11.8. The molecule has 3 nitrogen and oxygen atoms in total. The Morgan fingerprint density at radius 3 is 1.96 bits per heavy atom. The first-order valence-electron chi connectivity index (χ1n) is 8.18. The number of rotatable bonds is 3. The molecule has 24 heavy (non-hydrogen) atoms. The number of hydrogen-bond donors (Lipinski definition) is 1. The zero-order valence-corrected chi connectivity index (χ0v) is 13.4. The number of hydrogen-bond acceptors (Lipinski definition) is 3. The molecule has 3 aromatic rings. The van der Waals surface area contributed by atoms with Crippen molar-refractivity contribution < 1.29 is 0 Å². The Balaban J connectivity index is 2.01. The fraction of sp³-hybridized carbons (Fsp3) is 0.0952. The molecule has 1 aliphatic heterocycles. The van der Waals surface area contributed by atoms with Crippen LogP contribution in [0.15, 0.2) is 77.9 Å². The van der Waals surface area contributed by atoms with Gasteiger partial charge in [0.15, 0.2) is 0 Å². The van der Waals surface area contributed by atoms with Crippen molar-refractivity contribution in [2.75, 3.05) is 17.3 Å². The van der Waals surface area contributed by atoms with Crippen LogP contribution in [0.25, 0.3) is 22.3 Å². The molecule has 4 rings (SSSR count). The number of nitrogens with two attached hydrogens (primary N) is 1. The molecular weight excluding hydrogens is 294 g/mol. The van der Waals surface area contributed by atoms with Crippen molar-refractivity contribution in [2.24, 2.45) is 5.10 Å². The van der Waals surface area contributed by atoms with Gasteiger partial charge in [-0.3, -0.25) is 5.01 Å². The largest absolute Gasteiger partial charge is 0.398 e. The fourth-order valence-electron chi connectivity index (χ4n) is 3.21. The topological polar surface area (TPSA) is 41.6 Å². The van der Waals surface area contributed by atoms with Gasteiger partial charge in [0.25, 0.3) is 0 Å². The Kier molecular flexibility index (Phi) is 3.75. The SMILES string of the molecule is Nc1ccc(N2CCC=N2)c(-c2ccccc2)c1-c1ccccc1. The normalized spacial score (nSPS) is 13.4. The highest BCUT2D eigenvalue weighted by Crippen LogP contribution is 2.43. The molecule has 0 radical (unpaired) electrons. The highest BCUT2D eigenvalue weighted by Gasteiger charge is 2.20. The van der Waals surface area contributed by atoms with Crippen LogP contribution in [-0.4, -0.2) is 12.8 Å². The Bertz CT molecular complexity index is 870. The molecule has 0 bridgehead atoms. The van der Waals surface area contributed by atoms with E-state index in [1.165, 1.54) is 0 Å². The molecule has 3 aromatic carbocycles. The van der Waals surface area contributed by atoms with Crippen LogP contribution in [0.2, 0.25) is 0 Å². The van der Waals surface area contributed by atoms with Gasteiger partial charge in [-0.2, -0.15) is 5.10 Å². The monoisotopic (exact) mass is 313 g/mol. The first-order valence-corrected chi connectivity index (χ1v) is 8.18. The molecule has 1 aliphatic rings. The zero-order valence-electron chi connectivity index (χ0n) is 13.4. The summed E-state index contributed by atoms with van der Waals surface area (Å²) in [5.41, 5.74) is 12.8. The maximum atomic E-state index is 6.40. The van der Waals surface area contributed by atoms with Crippen LogP contribution in [0.3, 0.4) is 0 Å². The average molecular weight is 313 g/mol. The van der Waals surface area contributed by atoms with Crippen molar-refractivity contribution in [3.63, 3.8) is 0 Å². The summed E-state index contributed by atoms with van der Waals surface area (Å²) in [4.78, 5) is 0. The van der Waals surface area contributed by atoms with E-state index in [1.807, 2.05) is 36.5 Å². The van der Waals surface area contributed by atoms with Gasteiger partial charge in [-0.15, -0.1) is 0 Å². The summed E-state index contributed by atoms with van der Waals surface area (Å²) in [5.74, 6) is 0. The molecule has 118 valence electrons. The highest BCUT2D eigenvalue weighted by molar-refractivity contribution is 5.98. The molecule has 0 amide bonds. The van der Waals surface area contributed by atoms with Crippen molar-refractivity contribution in [3.05, 3.63) is 72.8 Å². The highest BCUT2D eigenvalue weighted by atomic mass is 15.5. The lowest BCUT2D eigenvalue weighted by Gasteiger charge is -2.23. The van der Waals surface area contributed by atoms with E-state index in [1.54, 1.807) is 0 Å². The van der Waals surface area contributed by atoms with Crippen molar-refractivity contribution >= 4 is 17.6 Å². The molecule has 0 aliphatic carbocycles. The van der Waals surface area contributed by atoms with Crippen molar-refractivity contribution in [1.29, 1.82) is 0 Å². The number of benzene rings is 3. The maximum absolute atomic E-state index is 6.40. The van der Waals surface area contributed by atoms with Crippen LogP contribution in [0.5, 0.6) is 0 Å². The minimum Gasteiger partial charge on any atom is -0.398 e. The number of hydrazone groups is 1. The van der Waals surface area contributed by atoms with Crippen LogP contribution in [-0.2, 0) is 0 Å².